The topological polar surface area (TPSA) is 56.5 Å². The van der Waals surface area contributed by atoms with Gasteiger partial charge in [-0.15, -0.1) is 11.3 Å². The van der Waals surface area contributed by atoms with E-state index in [1.165, 1.54) is 11.3 Å². The smallest absolute Gasteiger partial charge is 0.350 e. The molecule has 0 amide bonds. The van der Waals surface area contributed by atoms with E-state index in [1.54, 1.807) is 29.8 Å². The van der Waals surface area contributed by atoms with Crippen molar-refractivity contribution in [1.82, 2.24) is 14.4 Å². The fraction of sp³-hybridized carbons (Fsp3) is 0.214. The molecule has 3 aromatic heterocycles. The predicted octanol–water partition coefficient (Wildman–Crippen LogP) is 3.42. The Kier molecular flexibility index (Phi) is 3.65. The number of hydrogen-bond acceptors (Lipinski definition) is 5. The molecule has 0 aliphatic heterocycles. The number of aromatic nitrogens is 3. The van der Waals surface area contributed by atoms with Crippen molar-refractivity contribution in [2.24, 2.45) is 0 Å². The maximum absolute atomic E-state index is 12.0. The molecule has 108 valence electrons. The zero-order valence-corrected chi connectivity index (χ0v) is 13.0. The third-order valence-electron chi connectivity index (χ3n) is 2.90. The van der Waals surface area contributed by atoms with Gasteiger partial charge in [0.15, 0.2) is 0 Å². The Balaban J connectivity index is 1.74. The summed E-state index contributed by atoms with van der Waals surface area (Å²) >= 11 is 7.25. The van der Waals surface area contributed by atoms with Crippen molar-refractivity contribution in [2.45, 2.75) is 20.5 Å². The molecule has 3 aromatic rings. The summed E-state index contributed by atoms with van der Waals surface area (Å²) in [5, 5.41) is 1.47. The van der Waals surface area contributed by atoms with Crippen molar-refractivity contribution in [3.8, 4) is 0 Å². The maximum atomic E-state index is 12.0. The lowest BCUT2D eigenvalue weighted by Crippen LogP contribution is -2.05. The summed E-state index contributed by atoms with van der Waals surface area (Å²) < 4.78 is 7.09. The monoisotopic (exact) mass is 321 g/mol. The van der Waals surface area contributed by atoms with E-state index in [2.05, 4.69) is 9.97 Å². The normalized spacial score (nSPS) is 11.0. The molecule has 0 unspecified atom stereocenters. The van der Waals surface area contributed by atoms with Crippen molar-refractivity contribution < 1.29 is 9.53 Å². The Morgan fingerprint density at radius 2 is 2.14 bits per heavy atom. The average molecular weight is 322 g/mol. The molecule has 0 aromatic carbocycles. The molecule has 21 heavy (non-hydrogen) atoms. The van der Waals surface area contributed by atoms with E-state index >= 15 is 0 Å². The van der Waals surface area contributed by atoms with E-state index in [0.717, 1.165) is 10.7 Å². The third kappa shape index (κ3) is 2.91. The molecule has 0 saturated heterocycles. The van der Waals surface area contributed by atoms with Crippen LogP contribution in [0.25, 0.3) is 5.65 Å². The highest BCUT2D eigenvalue weighted by atomic mass is 35.5. The van der Waals surface area contributed by atoms with Crippen LogP contribution in [-0.4, -0.2) is 20.3 Å². The number of ether oxygens (including phenoxy) is 1. The van der Waals surface area contributed by atoms with Crippen LogP contribution in [0.1, 0.15) is 26.1 Å². The van der Waals surface area contributed by atoms with Crippen molar-refractivity contribution in [3.63, 3.8) is 0 Å². The first kappa shape index (κ1) is 14.0. The minimum Gasteiger partial charge on any atom is -0.455 e. The van der Waals surface area contributed by atoms with Crippen LogP contribution in [0.5, 0.6) is 0 Å². The van der Waals surface area contributed by atoms with Gasteiger partial charge in [0, 0.05) is 12.4 Å². The predicted molar refractivity (Wildman–Crippen MR) is 80.9 cm³/mol. The van der Waals surface area contributed by atoms with Crippen molar-refractivity contribution in [1.29, 1.82) is 0 Å². The van der Waals surface area contributed by atoms with Gasteiger partial charge in [-0.25, -0.2) is 14.8 Å². The molecule has 0 bridgehead atoms. The molecule has 0 saturated carbocycles. The van der Waals surface area contributed by atoms with Gasteiger partial charge < -0.3 is 9.14 Å². The second-order valence-electron chi connectivity index (χ2n) is 4.57. The van der Waals surface area contributed by atoms with Crippen molar-refractivity contribution >= 4 is 34.6 Å². The molecule has 0 N–H and O–H groups in total. The summed E-state index contributed by atoms with van der Waals surface area (Å²) in [5.74, 6) is -0.367. The van der Waals surface area contributed by atoms with Gasteiger partial charge in [0.25, 0.3) is 0 Å². The van der Waals surface area contributed by atoms with Crippen LogP contribution < -0.4 is 0 Å². The zero-order chi connectivity index (χ0) is 15.0. The number of thiazole rings is 1. The fourth-order valence-electron chi connectivity index (χ4n) is 2.01. The molecule has 5 nitrogen and oxygen atoms in total. The van der Waals surface area contributed by atoms with E-state index in [0.29, 0.717) is 21.3 Å². The first-order chi connectivity index (χ1) is 10.0. The van der Waals surface area contributed by atoms with Crippen LogP contribution >= 0.6 is 22.9 Å². The molecule has 0 fully saturated rings. The SMILES string of the molecule is Cc1nc(C)c(C(=O)OCc2cn3cc(Cl)ccc3n2)s1. The number of nitrogens with zero attached hydrogens (tertiary/aromatic N) is 3. The highest BCUT2D eigenvalue weighted by molar-refractivity contribution is 7.13. The minimum absolute atomic E-state index is 0.120. The number of carbonyl (C=O) groups is 1. The van der Waals surface area contributed by atoms with Crippen LogP contribution in [0.3, 0.4) is 0 Å². The van der Waals surface area contributed by atoms with E-state index in [1.807, 2.05) is 13.0 Å². The van der Waals surface area contributed by atoms with Crippen molar-refractivity contribution in [2.75, 3.05) is 0 Å². The van der Waals surface area contributed by atoms with E-state index in [-0.39, 0.29) is 12.6 Å². The van der Waals surface area contributed by atoms with Crippen LogP contribution in [-0.2, 0) is 11.3 Å². The number of pyridine rings is 1. The summed E-state index contributed by atoms with van der Waals surface area (Å²) in [4.78, 5) is 21.1. The van der Waals surface area contributed by atoms with Gasteiger partial charge in [0.1, 0.15) is 17.1 Å². The Morgan fingerprint density at radius 3 is 2.86 bits per heavy atom. The fourth-order valence-corrected chi connectivity index (χ4v) is 2.99. The van der Waals surface area contributed by atoms with Gasteiger partial charge in [0.05, 0.1) is 21.4 Å². The second kappa shape index (κ2) is 5.46. The molecular formula is C14H12ClN3O2S. The van der Waals surface area contributed by atoms with E-state index < -0.39 is 0 Å². The number of fused-ring (bicyclic) bond motifs is 1. The summed E-state index contributed by atoms with van der Waals surface area (Å²) in [6.07, 6.45) is 3.55. The number of carbonyl (C=O) groups excluding carboxylic acids is 1. The maximum Gasteiger partial charge on any atom is 0.350 e. The standard InChI is InChI=1S/C14H12ClN3O2S/c1-8-13(21-9(2)16-8)14(19)20-7-11-6-18-5-10(15)3-4-12(18)17-11/h3-6H,7H2,1-2H3. The molecule has 0 atom stereocenters. The average Bonchev–Trinajstić information content (AvgIpc) is 2.98. The van der Waals surface area contributed by atoms with E-state index in [4.69, 9.17) is 16.3 Å². The highest BCUT2D eigenvalue weighted by Crippen LogP contribution is 2.19. The number of hydrogen-bond donors (Lipinski definition) is 0. The Hall–Kier alpha value is -1.92. The molecule has 0 radical (unpaired) electrons. The largest absolute Gasteiger partial charge is 0.455 e. The van der Waals surface area contributed by atoms with Gasteiger partial charge in [-0.2, -0.15) is 0 Å². The van der Waals surface area contributed by atoms with Crippen LogP contribution in [0, 0.1) is 13.8 Å². The number of halogens is 1. The number of aryl methyl sites for hydroxylation is 2. The highest BCUT2D eigenvalue weighted by Gasteiger charge is 2.15. The molecular weight excluding hydrogens is 310 g/mol. The minimum atomic E-state index is -0.367. The number of rotatable bonds is 3. The molecule has 0 spiro atoms. The van der Waals surface area contributed by atoms with Crippen LogP contribution in [0.4, 0.5) is 0 Å². The zero-order valence-electron chi connectivity index (χ0n) is 11.5. The lowest BCUT2D eigenvalue weighted by atomic mass is 10.4. The quantitative estimate of drug-likeness (QED) is 0.694. The number of esters is 1. The van der Waals surface area contributed by atoms with Crippen molar-refractivity contribution in [3.05, 3.63) is 50.8 Å². The first-order valence-electron chi connectivity index (χ1n) is 6.27. The van der Waals surface area contributed by atoms with Gasteiger partial charge in [0.2, 0.25) is 0 Å². The molecule has 0 aliphatic carbocycles. The Labute approximate surface area is 130 Å². The lowest BCUT2D eigenvalue weighted by Gasteiger charge is -2.00. The number of imidazole rings is 1. The van der Waals surface area contributed by atoms with Gasteiger partial charge >= 0.3 is 5.97 Å². The van der Waals surface area contributed by atoms with Crippen LogP contribution in [0.2, 0.25) is 5.02 Å². The second-order valence-corrected chi connectivity index (χ2v) is 6.21. The molecule has 7 heteroatoms. The van der Waals surface area contributed by atoms with Crippen LogP contribution in [0.15, 0.2) is 24.5 Å². The molecule has 3 rings (SSSR count). The summed E-state index contributed by atoms with van der Waals surface area (Å²) in [7, 11) is 0. The molecule has 0 aliphatic rings. The molecule has 3 heterocycles. The lowest BCUT2D eigenvalue weighted by molar-refractivity contribution is 0.0473. The summed E-state index contributed by atoms with van der Waals surface area (Å²) in [6.45, 7) is 3.78. The van der Waals surface area contributed by atoms with E-state index in [9.17, 15) is 4.79 Å². The third-order valence-corrected chi connectivity index (χ3v) is 4.18. The van der Waals surface area contributed by atoms with Gasteiger partial charge in [-0.3, -0.25) is 0 Å². The Bertz CT molecular complexity index is 825. The van der Waals surface area contributed by atoms with Gasteiger partial charge in [-0.05, 0) is 26.0 Å². The summed E-state index contributed by atoms with van der Waals surface area (Å²) in [5.41, 5.74) is 2.13. The Morgan fingerprint density at radius 1 is 1.33 bits per heavy atom. The summed E-state index contributed by atoms with van der Waals surface area (Å²) in [6, 6.07) is 3.58. The first-order valence-corrected chi connectivity index (χ1v) is 7.46. The van der Waals surface area contributed by atoms with Gasteiger partial charge in [-0.1, -0.05) is 11.6 Å².